The maximum atomic E-state index is 11.0. The third-order valence-corrected chi connectivity index (χ3v) is 1.56. The SMILES string of the molecule is C=CCCCC(=O)N[C@@H](C)C(=O)O. The van der Waals surface area contributed by atoms with Gasteiger partial charge in [0, 0.05) is 6.42 Å². The summed E-state index contributed by atoms with van der Waals surface area (Å²) in [6, 6.07) is -0.809. The first kappa shape index (κ1) is 11.7. The molecular weight excluding hydrogens is 170 g/mol. The van der Waals surface area contributed by atoms with Crippen LogP contribution in [0.1, 0.15) is 26.2 Å². The summed E-state index contributed by atoms with van der Waals surface area (Å²) in [4.78, 5) is 21.4. The highest BCUT2D eigenvalue weighted by Gasteiger charge is 2.12. The van der Waals surface area contributed by atoms with Crippen LogP contribution >= 0.6 is 0 Å². The Bertz CT molecular complexity index is 201. The van der Waals surface area contributed by atoms with E-state index < -0.39 is 12.0 Å². The standard InChI is InChI=1S/C9H15NO3/c1-3-4-5-6-8(11)10-7(2)9(12)13/h3,7H,1,4-6H2,2H3,(H,10,11)(H,12,13)/t7-/m0/s1. The summed E-state index contributed by atoms with van der Waals surface area (Å²) in [6.07, 6.45) is 3.56. The molecule has 0 rings (SSSR count). The van der Waals surface area contributed by atoms with Crippen molar-refractivity contribution in [3.8, 4) is 0 Å². The minimum atomic E-state index is -1.02. The van der Waals surface area contributed by atoms with Crippen molar-refractivity contribution in [1.82, 2.24) is 5.32 Å². The van der Waals surface area contributed by atoms with E-state index in [4.69, 9.17) is 5.11 Å². The molecule has 0 aliphatic carbocycles. The molecule has 0 aliphatic heterocycles. The van der Waals surface area contributed by atoms with Crippen molar-refractivity contribution in [2.75, 3.05) is 0 Å². The third-order valence-electron chi connectivity index (χ3n) is 1.56. The number of nitrogens with one attached hydrogen (secondary N) is 1. The number of hydrogen-bond donors (Lipinski definition) is 2. The lowest BCUT2D eigenvalue weighted by Crippen LogP contribution is -2.38. The first-order valence-corrected chi connectivity index (χ1v) is 4.21. The maximum Gasteiger partial charge on any atom is 0.325 e. The molecule has 0 spiro atoms. The molecular formula is C9H15NO3. The predicted molar refractivity (Wildman–Crippen MR) is 49.3 cm³/mol. The van der Waals surface area contributed by atoms with E-state index >= 15 is 0 Å². The van der Waals surface area contributed by atoms with Gasteiger partial charge in [-0.15, -0.1) is 6.58 Å². The average Bonchev–Trinajstić information content (AvgIpc) is 2.04. The normalized spacial score (nSPS) is 11.8. The van der Waals surface area contributed by atoms with Crippen LogP contribution in [0.4, 0.5) is 0 Å². The number of aliphatic carboxylic acids is 1. The lowest BCUT2D eigenvalue weighted by atomic mass is 10.2. The molecule has 1 amide bonds. The number of carboxylic acids is 1. The van der Waals surface area contributed by atoms with Gasteiger partial charge in [-0.05, 0) is 19.8 Å². The molecule has 4 nitrogen and oxygen atoms in total. The first-order valence-electron chi connectivity index (χ1n) is 4.21. The number of unbranched alkanes of at least 4 members (excludes halogenated alkanes) is 1. The van der Waals surface area contributed by atoms with Crippen LogP contribution in [0.5, 0.6) is 0 Å². The number of rotatable bonds is 6. The monoisotopic (exact) mass is 185 g/mol. The molecule has 0 heterocycles. The molecule has 1 atom stereocenters. The smallest absolute Gasteiger partial charge is 0.325 e. The van der Waals surface area contributed by atoms with Crippen molar-refractivity contribution >= 4 is 11.9 Å². The molecule has 2 N–H and O–H groups in total. The van der Waals surface area contributed by atoms with Crippen molar-refractivity contribution in [2.24, 2.45) is 0 Å². The molecule has 74 valence electrons. The van der Waals surface area contributed by atoms with Crippen molar-refractivity contribution in [2.45, 2.75) is 32.2 Å². The first-order chi connectivity index (χ1) is 6.07. The van der Waals surface area contributed by atoms with Gasteiger partial charge in [0.1, 0.15) is 6.04 Å². The Morgan fingerprint density at radius 2 is 2.23 bits per heavy atom. The van der Waals surface area contributed by atoms with Gasteiger partial charge < -0.3 is 10.4 Å². The summed E-state index contributed by atoms with van der Waals surface area (Å²) >= 11 is 0. The summed E-state index contributed by atoms with van der Waals surface area (Å²) in [5.74, 6) is -1.24. The van der Waals surface area contributed by atoms with Crippen molar-refractivity contribution < 1.29 is 14.7 Å². The summed E-state index contributed by atoms with van der Waals surface area (Å²) in [5.41, 5.74) is 0. The summed E-state index contributed by atoms with van der Waals surface area (Å²) in [7, 11) is 0. The Balaban J connectivity index is 3.61. The molecule has 0 saturated carbocycles. The van der Waals surface area contributed by atoms with Gasteiger partial charge in [-0.25, -0.2) is 0 Å². The second-order valence-corrected chi connectivity index (χ2v) is 2.81. The van der Waals surface area contributed by atoms with Crippen LogP contribution in [-0.2, 0) is 9.59 Å². The molecule has 0 aromatic rings. The van der Waals surface area contributed by atoms with Crippen LogP contribution < -0.4 is 5.32 Å². The Morgan fingerprint density at radius 1 is 1.62 bits per heavy atom. The fourth-order valence-electron chi connectivity index (χ4n) is 0.782. The second kappa shape index (κ2) is 6.22. The van der Waals surface area contributed by atoms with Gasteiger partial charge in [0.25, 0.3) is 0 Å². The molecule has 0 aliphatic rings. The Labute approximate surface area is 77.6 Å². The van der Waals surface area contributed by atoms with E-state index in [-0.39, 0.29) is 5.91 Å². The number of carbonyl (C=O) groups excluding carboxylic acids is 1. The Kier molecular flexibility index (Phi) is 5.59. The van der Waals surface area contributed by atoms with Crippen molar-refractivity contribution in [3.63, 3.8) is 0 Å². The molecule has 0 unspecified atom stereocenters. The molecule has 13 heavy (non-hydrogen) atoms. The number of amides is 1. The molecule has 0 aromatic heterocycles. The fraction of sp³-hybridized carbons (Fsp3) is 0.556. The van der Waals surface area contributed by atoms with Crippen LogP contribution in [0.15, 0.2) is 12.7 Å². The lowest BCUT2D eigenvalue weighted by molar-refractivity contribution is -0.141. The molecule has 0 radical (unpaired) electrons. The van der Waals surface area contributed by atoms with Gasteiger partial charge in [0.15, 0.2) is 0 Å². The number of carbonyl (C=O) groups is 2. The predicted octanol–water partition coefficient (Wildman–Crippen LogP) is 0.932. The largest absolute Gasteiger partial charge is 0.480 e. The van der Waals surface area contributed by atoms with E-state index in [9.17, 15) is 9.59 Å². The van der Waals surface area contributed by atoms with Gasteiger partial charge in [-0.2, -0.15) is 0 Å². The van der Waals surface area contributed by atoms with Gasteiger partial charge in [-0.3, -0.25) is 9.59 Å². The molecule has 0 bridgehead atoms. The van der Waals surface area contributed by atoms with E-state index in [0.29, 0.717) is 12.8 Å². The van der Waals surface area contributed by atoms with E-state index in [1.807, 2.05) is 0 Å². The second-order valence-electron chi connectivity index (χ2n) is 2.81. The molecule has 4 heteroatoms. The van der Waals surface area contributed by atoms with E-state index in [1.54, 1.807) is 6.08 Å². The molecule has 0 aromatic carbocycles. The number of carboxylic acid groups (broad SMARTS) is 1. The maximum absolute atomic E-state index is 11.0. The highest BCUT2D eigenvalue weighted by molar-refractivity contribution is 5.83. The average molecular weight is 185 g/mol. The summed E-state index contributed by atoms with van der Waals surface area (Å²) < 4.78 is 0. The van der Waals surface area contributed by atoms with Gasteiger partial charge in [0.05, 0.1) is 0 Å². The molecule has 0 fully saturated rings. The quantitative estimate of drug-likeness (QED) is 0.478. The number of allylic oxidation sites excluding steroid dienone is 1. The zero-order valence-corrected chi connectivity index (χ0v) is 7.75. The van der Waals surface area contributed by atoms with Crippen LogP contribution in [0.25, 0.3) is 0 Å². The fourth-order valence-corrected chi connectivity index (χ4v) is 0.782. The van der Waals surface area contributed by atoms with E-state index in [2.05, 4.69) is 11.9 Å². The zero-order chi connectivity index (χ0) is 10.3. The van der Waals surface area contributed by atoms with Crippen molar-refractivity contribution in [3.05, 3.63) is 12.7 Å². The highest BCUT2D eigenvalue weighted by Crippen LogP contribution is 1.96. The van der Waals surface area contributed by atoms with Crippen LogP contribution in [-0.4, -0.2) is 23.0 Å². The van der Waals surface area contributed by atoms with Gasteiger partial charge in [-0.1, -0.05) is 6.08 Å². The minimum Gasteiger partial charge on any atom is -0.480 e. The van der Waals surface area contributed by atoms with Crippen LogP contribution in [0.3, 0.4) is 0 Å². The zero-order valence-electron chi connectivity index (χ0n) is 7.75. The summed E-state index contributed by atoms with van der Waals surface area (Å²) in [6.45, 7) is 4.96. The summed E-state index contributed by atoms with van der Waals surface area (Å²) in [5, 5.41) is 10.8. The van der Waals surface area contributed by atoms with Gasteiger partial charge >= 0.3 is 5.97 Å². The van der Waals surface area contributed by atoms with Gasteiger partial charge in [0.2, 0.25) is 5.91 Å². The highest BCUT2D eigenvalue weighted by atomic mass is 16.4. The van der Waals surface area contributed by atoms with E-state index in [0.717, 1.165) is 6.42 Å². The van der Waals surface area contributed by atoms with Crippen LogP contribution in [0.2, 0.25) is 0 Å². The third kappa shape index (κ3) is 5.90. The minimum absolute atomic E-state index is 0.225. The number of hydrogen-bond acceptors (Lipinski definition) is 2. The van der Waals surface area contributed by atoms with Crippen molar-refractivity contribution in [1.29, 1.82) is 0 Å². The molecule has 0 saturated heterocycles. The lowest BCUT2D eigenvalue weighted by Gasteiger charge is -2.08. The Hall–Kier alpha value is -1.32. The van der Waals surface area contributed by atoms with E-state index in [1.165, 1.54) is 6.92 Å². The topological polar surface area (TPSA) is 66.4 Å². The Morgan fingerprint density at radius 3 is 2.69 bits per heavy atom. The van der Waals surface area contributed by atoms with Crippen LogP contribution in [0, 0.1) is 0 Å².